The molecular formula is C24H28N8O3. The molecule has 0 aromatic carbocycles. The zero-order valence-electron chi connectivity index (χ0n) is 19.7. The topological polar surface area (TPSA) is 145 Å². The first-order valence-corrected chi connectivity index (χ1v) is 11.5. The third-order valence-corrected chi connectivity index (χ3v) is 6.50. The molecule has 0 saturated heterocycles. The maximum Gasteiger partial charge on any atom is 0.253 e. The summed E-state index contributed by atoms with van der Waals surface area (Å²) in [6, 6.07) is 7.55. The first kappa shape index (κ1) is 22.8. The Balaban J connectivity index is 1.34. The minimum Gasteiger partial charge on any atom is -0.481 e. The summed E-state index contributed by atoms with van der Waals surface area (Å²) >= 11 is 0. The van der Waals surface area contributed by atoms with Crippen LogP contribution < -0.4 is 15.8 Å². The predicted molar refractivity (Wildman–Crippen MR) is 129 cm³/mol. The van der Waals surface area contributed by atoms with Gasteiger partial charge in [0.15, 0.2) is 5.82 Å². The van der Waals surface area contributed by atoms with Crippen molar-refractivity contribution in [1.82, 2.24) is 35.1 Å². The van der Waals surface area contributed by atoms with E-state index in [0.29, 0.717) is 35.2 Å². The molecule has 182 valence electrons. The fraction of sp³-hybridized carbons (Fsp3) is 0.375. The number of hydrogen-bond acceptors (Lipinski definition) is 8. The lowest BCUT2D eigenvalue weighted by Gasteiger charge is -2.28. The van der Waals surface area contributed by atoms with Crippen LogP contribution in [0.1, 0.15) is 53.3 Å². The fourth-order valence-electron chi connectivity index (χ4n) is 4.74. The van der Waals surface area contributed by atoms with Gasteiger partial charge in [-0.2, -0.15) is 10.2 Å². The number of anilines is 1. The molecule has 0 unspecified atom stereocenters. The smallest absolute Gasteiger partial charge is 0.253 e. The van der Waals surface area contributed by atoms with Crippen molar-refractivity contribution >= 4 is 17.2 Å². The average Bonchev–Trinajstić information content (AvgIpc) is 3.51. The van der Waals surface area contributed by atoms with Gasteiger partial charge in [-0.3, -0.25) is 9.89 Å². The van der Waals surface area contributed by atoms with Crippen LogP contribution in [0.2, 0.25) is 0 Å². The number of fused-ring (bicyclic) bond motifs is 1. The number of H-pyrrole nitrogens is 1. The summed E-state index contributed by atoms with van der Waals surface area (Å²) in [4.78, 5) is 21.6. The number of rotatable bonds is 7. The maximum absolute atomic E-state index is 13.4. The lowest BCUT2D eigenvalue weighted by Crippen LogP contribution is -2.37. The van der Waals surface area contributed by atoms with E-state index in [1.165, 1.54) is 6.33 Å². The number of ether oxygens (including phenoxy) is 2. The molecule has 35 heavy (non-hydrogen) atoms. The van der Waals surface area contributed by atoms with Crippen molar-refractivity contribution in [3.8, 4) is 17.1 Å². The number of nitrogen functional groups attached to an aromatic ring is 1. The molecule has 0 radical (unpaired) electrons. The standard InChI is InChI=1S/C24H28N8O3/c1-34-12-17-10-19(31-30-17)14-3-5-16(6-4-14)29-24(33)18-11-20(15-7-8-26-21(9-15)35-2)32-22(18)23(25)27-13-28-32/h7-11,13-14,16H,3-6,12H2,1-2H3,(H,29,33)(H,30,31)(H2,25,27,28)/t14-,16-. The second kappa shape index (κ2) is 9.71. The van der Waals surface area contributed by atoms with Gasteiger partial charge in [-0.05, 0) is 43.9 Å². The molecule has 5 rings (SSSR count). The Kier molecular flexibility index (Phi) is 6.32. The summed E-state index contributed by atoms with van der Waals surface area (Å²) < 4.78 is 12.1. The molecule has 4 aromatic rings. The van der Waals surface area contributed by atoms with Crippen LogP contribution in [0.25, 0.3) is 16.8 Å². The van der Waals surface area contributed by atoms with Crippen LogP contribution in [0.4, 0.5) is 5.82 Å². The highest BCUT2D eigenvalue weighted by Crippen LogP contribution is 2.33. The average molecular weight is 477 g/mol. The molecule has 0 atom stereocenters. The van der Waals surface area contributed by atoms with Gasteiger partial charge in [-0.1, -0.05) is 0 Å². The van der Waals surface area contributed by atoms with Crippen LogP contribution in [0.5, 0.6) is 5.88 Å². The number of carbonyl (C=O) groups is 1. The van der Waals surface area contributed by atoms with E-state index < -0.39 is 0 Å². The van der Waals surface area contributed by atoms with Gasteiger partial charge in [-0.25, -0.2) is 14.5 Å². The first-order valence-electron chi connectivity index (χ1n) is 11.5. The molecule has 11 heteroatoms. The normalized spacial score (nSPS) is 18.0. The van der Waals surface area contributed by atoms with Gasteiger partial charge < -0.3 is 20.5 Å². The lowest BCUT2D eigenvalue weighted by atomic mass is 9.84. The summed E-state index contributed by atoms with van der Waals surface area (Å²) in [5.74, 6) is 0.888. The lowest BCUT2D eigenvalue weighted by molar-refractivity contribution is 0.0927. The second-order valence-corrected chi connectivity index (χ2v) is 8.71. The highest BCUT2D eigenvalue weighted by atomic mass is 16.5. The molecule has 1 aliphatic carbocycles. The van der Waals surface area contributed by atoms with Crippen molar-refractivity contribution in [1.29, 1.82) is 0 Å². The van der Waals surface area contributed by atoms with Crippen LogP contribution in [-0.2, 0) is 11.3 Å². The first-order chi connectivity index (χ1) is 17.1. The Morgan fingerprint density at radius 1 is 1.20 bits per heavy atom. The molecule has 1 aliphatic rings. The summed E-state index contributed by atoms with van der Waals surface area (Å²) in [7, 11) is 3.22. The van der Waals surface area contributed by atoms with Crippen LogP contribution in [0.3, 0.4) is 0 Å². The van der Waals surface area contributed by atoms with E-state index in [4.69, 9.17) is 15.2 Å². The van der Waals surface area contributed by atoms with Crippen LogP contribution in [-0.4, -0.2) is 55.9 Å². The summed E-state index contributed by atoms with van der Waals surface area (Å²) in [5, 5.41) is 15.0. The van der Waals surface area contributed by atoms with Crippen molar-refractivity contribution < 1.29 is 14.3 Å². The second-order valence-electron chi connectivity index (χ2n) is 8.71. The van der Waals surface area contributed by atoms with Crippen molar-refractivity contribution in [3.05, 3.63) is 53.7 Å². The number of nitrogens with two attached hydrogens (primary N) is 1. The number of hydrogen-bond donors (Lipinski definition) is 3. The van der Waals surface area contributed by atoms with Gasteiger partial charge in [-0.15, -0.1) is 0 Å². The molecule has 1 fully saturated rings. The molecular weight excluding hydrogens is 448 g/mol. The van der Waals surface area contributed by atoms with E-state index in [1.54, 1.807) is 37.1 Å². The van der Waals surface area contributed by atoms with Gasteiger partial charge in [0.05, 0.1) is 36.4 Å². The quantitative estimate of drug-likeness (QED) is 0.369. The Morgan fingerprint density at radius 3 is 2.80 bits per heavy atom. The zero-order valence-corrected chi connectivity index (χ0v) is 19.7. The van der Waals surface area contributed by atoms with E-state index in [-0.39, 0.29) is 17.8 Å². The number of aromatic amines is 1. The number of aromatic nitrogens is 6. The van der Waals surface area contributed by atoms with E-state index >= 15 is 0 Å². The minimum atomic E-state index is -0.193. The SMILES string of the molecule is COCc1cc([C@H]2CC[C@H](NC(=O)c3cc(-c4ccnc(OC)c4)n4ncnc(N)c34)CC2)n[nH]1. The number of methoxy groups -OCH3 is 2. The third kappa shape index (κ3) is 4.54. The Hall–Kier alpha value is -3.99. The largest absolute Gasteiger partial charge is 0.481 e. The van der Waals surface area contributed by atoms with Crippen LogP contribution >= 0.6 is 0 Å². The van der Waals surface area contributed by atoms with Crippen molar-refractivity contribution in [3.63, 3.8) is 0 Å². The molecule has 4 N–H and O–H groups in total. The molecule has 11 nitrogen and oxygen atoms in total. The van der Waals surface area contributed by atoms with Crippen molar-refractivity contribution in [2.75, 3.05) is 20.0 Å². The van der Waals surface area contributed by atoms with Crippen LogP contribution in [0.15, 0.2) is 36.8 Å². The highest BCUT2D eigenvalue weighted by Gasteiger charge is 2.27. The summed E-state index contributed by atoms with van der Waals surface area (Å²) in [6.07, 6.45) is 6.66. The van der Waals surface area contributed by atoms with Gasteiger partial charge in [0, 0.05) is 36.9 Å². The summed E-state index contributed by atoms with van der Waals surface area (Å²) in [5.41, 5.74) is 10.6. The molecule has 0 spiro atoms. The van der Waals surface area contributed by atoms with Gasteiger partial charge in [0.1, 0.15) is 11.8 Å². The number of nitrogens with zero attached hydrogens (tertiary/aromatic N) is 5. The fourth-order valence-corrected chi connectivity index (χ4v) is 4.74. The van der Waals surface area contributed by atoms with Gasteiger partial charge >= 0.3 is 0 Å². The number of carbonyl (C=O) groups excluding carboxylic acids is 1. The van der Waals surface area contributed by atoms with E-state index in [0.717, 1.165) is 42.6 Å². The molecule has 0 aliphatic heterocycles. The highest BCUT2D eigenvalue weighted by molar-refractivity contribution is 6.05. The monoisotopic (exact) mass is 476 g/mol. The molecule has 1 saturated carbocycles. The van der Waals surface area contributed by atoms with E-state index in [2.05, 4.69) is 36.6 Å². The van der Waals surface area contributed by atoms with Crippen molar-refractivity contribution in [2.45, 2.75) is 44.2 Å². The van der Waals surface area contributed by atoms with Gasteiger partial charge in [0.25, 0.3) is 5.91 Å². The number of amides is 1. The molecule has 4 aromatic heterocycles. The Morgan fingerprint density at radius 2 is 2.03 bits per heavy atom. The number of pyridine rings is 1. The summed E-state index contributed by atoms with van der Waals surface area (Å²) in [6.45, 7) is 0.519. The van der Waals surface area contributed by atoms with Crippen molar-refractivity contribution in [2.24, 2.45) is 0 Å². The van der Waals surface area contributed by atoms with Gasteiger partial charge in [0.2, 0.25) is 5.88 Å². The Bertz CT molecular complexity index is 1340. The third-order valence-electron chi connectivity index (χ3n) is 6.50. The predicted octanol–water partition coefficient (Wildman–Crippen LogP) is 2.71. The molecule has 0 bridgehead atoms. The Labute approximate surface area is 202 Å². The molecule has 4 heterocycles. The zero-order chi connectivity index (χ0) is 24.4. The maximum atomic E-state index is 13.4. The van der Waals surface area contributed by atoms with E-state index in [1.807, 2.05) is 6.07 Å². The molecule has 1 amide bonds. The van der Waals surface area contributed by atoms with Crippen LogP contribution in [0, 0.1) is 0 Å². The van der Waals surface area contributed by atoms with E-state index in [9.17, 15) is 4.79 Å². The minimum absolute atomic E-state index is 0.0708. The number of nitrogens with one attached hydrogen (secondary N) is 2.